The van der Waals surface area contributed by atoms with Gasteiger partial charge in [0.2, 0.25) is 0 Å². The van der Waals surface area contributed by atoms with Crippen molar-refractivity contribution in [3.05, 3.63) is 24.0 Å². The highest BCUT2D eigenvalue weighted by Crippen LogP contribution is 2.17. The van der Waals surface area contributed by atoms with Crippen LogP contribution in [0.2, 0.25) is 0 Å². The Morgan fingerprint density at radius 3 is 3.13 bits per heavy atom. The summed E-state index contributed by atoms with van der Waals surface area (Å²) < 4.78 is 1.86. The Morgan fingerprint density at radius 2 is 2.30 bits per heavy atom. The summed E-state index contributed by atoms with van der Waals surface area (Å²) in [5, 5.41) is 17.3. The first kappa shape index (κ1) is 16.2. The Morgan fingerprint density at radius 1 is 1.39 bits per heavy atom. The van der Waals surface area contributed by atoms with Crippen molar-refractivity contribution in [1.29, 1.82) is 0 Å². The summed E-state index contributed by atoms with van der Waals surface area (Å²) in [6.45, 7) is 5.45. The fourth-order valence-corrected chi connectivity index (χ4v) is 3.33. The molecule has 3 rings (SSSR count). The van der Waals surface area contributed by atoms with Crippen LogP contribution in [0.15, 0.2) is 18.3 Å². The van der Waals surface area contributed by atoms with Crippen molar-refractivity contribution in [1.82, 2.24) is 19.5 Å². The Hall–Kier alpha value is -1.66. The lowest BCUT2D eigenvalue weighted by molar-refractivity contribution is 0.0901. The van der Waals surface area contributed by atoms with E-state index in [1.54, 1.807) is 6.20 Å². The van der Waals surface area contributed by atoms with Crippen LogP contribution < -0.4 is 5.32 Å². The first-order valence-electron chi connectivity index (χ1n) is 8.74. The third kappa shape index (κ3) is 3.82. The molecule has 1 aliphatic heterocycles. The Labute approximate surface area is 137 Å². The minimum atomic E-state index is 0.283. The third-order valence-electron chi connectivity index (χ3n) is 4.66. The normalized spacial score (nSPS) is 19.3. The molecular formula is C17H27N5O. The molecule has 0 saturated carbocycles. The Kier molecular flexibility index (Phi) is 5.46. The van der Waals surface area contributed by atoms with Crippen LogP contribution in [0, 0.1) is 0 Å². The molecule has 0 aromatic carbocycles. The van der Waals surface area contributed by atoms with Crippen LogP contribution in [0.1, 0.15) is 38.3 Å². The highest BCUT2D eigenvalue weighted by molar-refractivity contribution is 5.49. The smallest absolute Gasteiger partial charge is 0.157 e. The largest absolute Gasteiger partial charge is 0.395 e. The van der Waals surface area contributed by atoms with Crippen molar-refractivity contribution < 1.29 is 5.11 Å². The van der Waals surface area contributed by atoms with E-state index in [1.165, 1.54) is 12.8 Å². The quantitative estimate of drug-likeness (QED) is 0.764. The highest BCUT2D eigenvalue weighted by Gasteiger charge is 2.20. The molecule has 0 aliphatic carbocycles. The predicted octanol–water partition coefficient (Wildman–Crippen LogP) is 1.94. The van der Waals surface area contributed by atoms with E-state index in [1.807, 2.05) is 10.6 Å². The molecule has 0 bridgehead atoms. The summed E-state index contributed by atoms with van der Waals surface area (Å²) in [7, 11) is 0. The number of aliphatic hydroxyl groups is 1. The van der Waals surface area contributed by atoms with E-state index >= 15 is 0 Å². The first-order valence-corrected chi connectivity index (χ1v) is 8.74. The molecule has 126 valence electrons. The van der Waals surface area contributed by atoms with E-state index in [9.17, 15) is 5.11 Å². The molecule has 23 heavy (non-hydrogen) atoms. The molecule has 0 unspecified atom stereocenters. The van der Waals surface area contributed by atoms with Crippen LogP contribution in [-0.2, 0) is 6.42 Å². The topological polar surface area (TPSA) is 65.7 Å². The van der Waals surface area contributed by atoms with Gasteiger partial charge in [0.25, 0.3) is 0 Å². The maximum atomic E-state index is 9.47. The molecule has 6 heteroatoms. The number of anilines is 1. The number of aryl methyl sites for hydroxylation is 1. The van der Waals surface area contributed by atoms with Crippen molar-refractivity contribution >= 4 is 11.5 Å². The lowest BCUT2D eigenvalue weighted by Crippen LogP contribution is -2.42. The average Bonchev–Trinajstić information content (AvgIpc) is 3.07. The van der Waals surface area contributed by atoms with Crippen molar-refractivity contribution in [2.75, 3.05) is 31.6 Å². The molecule has 0 radical (unpaired) electrons. The van der Waals surface area contributed by atoms with E-state index in [4.69, 9.17) is 0 Å². The third-order valence-corrected chi connectivity index (χ3v) is 4.66. The van der Waals surface area contributed by atoms with Gasteiger partial charge >= 0.3 is 0 Å². The van der Waals surface area contributed by atoms with Gasteiger partial charge in [-0.1, -0.05) is 13.3 Å². The predicted molar refractivity (Wildman–Crippen MR) is 91.8 cm³/mol. The molecular weight excluding hydrogens is 290 g/mol. The van der Waals surface area contributed by atoms with Crippen LogP contribution in [0.3, 0.4) is 0 Å². The van der Waals surface area contributed by atoms with Crippen LogP contribution >= 0.6 is 0 Å². The zero-order chi connectivity index (χ0) is 16.1. The fourth-order valence-electron chi connectivity index (χ4n) is 3.33. The van der Waals surface area contributed by atoms with Gasteiger partial charge in [-0.3, -0.25) is 4.90 Å². The van der Waals surface area contributed by atoms with Gasteiger partial charge in [0.05, 0.1) is 12.8 Å². The zero-order valence-corrected chi connectivity index (χ0v) is 13.9. The second kappa shape index (κ2) is 7.75. The fraction of sp³-hybridized carbons (Fsp3) is 0.647. The number of nitrogens with zero attached hydrogens (tertiary/aromatic N) is 4. The number of rotatable bonds is 7. The first-order chi connectivity index (χ1) is 11.3. The van der Waals surface area contributed by atoms with E-state index in [2.05, 4.69) is 33.3 Å². The minimum Gasteiger partial charge on any atom is -0.395 e. The standard InChI is InChI=1S/C17H27N5O/c1-2-14-12-17(22-16(20-14)7-9-19-22)18-8-5-11-21-10-4-3-6-15(21)13-23/h7,9,12,15,18,23H,2-6,8,10-11,13H2,1H3/t15-/m1/s1. The summed E-state index contributed by atoms with van der Waals surface area (Å²) in [6, 6.07) is 4.37. The molecule has 2 aromatic heterocycles. The van der Waals surface area contributed by atoms with Crippen LogP contribution in [0.5, 0.6) is 0 Å². The number of fused-ring (bicyclic) bond motifs is 1. The van der Waals surface area contributed by atoms with E-state index in [0.29, 0.717) is 6.04 Å². The summed E-state index contributed by atoms with van der Waals surface area (Å²) in [4.78, 5) is 6.99. The number of nitrogens with one attached hydrogen (secondary N) is 1. The van der Waals surface area contributed by atoms with Crippen molar-refractivity contribution in [3.8, 4) is 0 Å². The molecule has 1 aliphatic rings. The number of likely N-dealkylation sites (tertiary alicyclic amines) is 1. The minimum absolute atomic E-state index is 0.283. The molecule has 1 saturated heterocycles. The molecule has 1 fully saturated rings. The van der Waals surface area contributed by atoms with Gasteiger partial charge in [-0.25, -0.2) is 4.98 Å². The van der Waals surface area contributed by atoms with Gasteiger partial charge in [-0.05, 0) is 32.2 Å². The van der Waals surface area contributed by atoms with E-state index in [-0.39, 0.29) is 6.61 Å². The molecule has 2 aromatic rings. The number of piperidine rings is 1. The van der Waals surface area contributed by atoms with Gasteiger partial charge in [-0.15, -0.1) is 0 Å². The lowest BCUT2D eigenvalue weighted by Gasteiger charge is -2.34. The van der Waals surface area contributed by atoms with Gasteiger partial charge in [0.15, 0.2) is 5.65 Å². The van der Waals surface area contributed by atoms with E-state index in [0.717, 1.165) is 56.1 Å². The summed E-state index contributed by atoms with van der Waals surface area (Å²) >= 11 is 0. The molecule has 2 N–H and O–H groups in total. The summed E-state index contributed by atoms with van der Waals surface area (Å²) in [5.74, 6) is 1.01. The Balaban J connectivity index is 1.55. The molecule has 6 nitrogen and oxygen atoms in total. The molecule has 0 spiro atoms. The maximum absolute atomic E-state index is 9.47. The highest BCUT2D eigenvalue weighted by atomic mass is 16.3. The van der Waals surface area contributed by atoms with Crippen LogP contribution in [-0.4, -0.2) is 56.9 Å². The van der Waals surface area contributed by atoms with Gasteiger partial charge < -0.3 is 10.4 Å². The molecule has 3 heterocycles. The molecule has 1 atom stereocenters. The second-order valence-electron chi connectivity index (χ2n) is 6.24. The summed E-state index contributed by atoms with van der Waals surface area (Å²) in [5.41, 5.74) is 1.97. The SMILES string of the molecule is CCc1cc(NCCCN2CCCC[C@@H]2CO)n2nccc2n1. The van der Waals surface area contributed by atoms with Crippen LogP contribution in [0.4, 0.5) is 5.82 Å². The monoisotopic (exact) mass is 317 g/mol. The lowest BCUT2D eigenvalue weighted by atomic mass is 10.0. The number of aliphatic hydroxyl groups excluding tert-OH is 1. The average molecular weight is 317 g/mol. The number of hydrogen-bond acceptors (Lipinski definition) is 5. The maximum Gasteiger partial charge on any atom is 0.157 e. The number of hydrogen-bond donors (Lipinski definition) is 2. The van der Waals surface area contributed by atoms with Gasteiger partial charge in [-0.2, -0.15) is 9.61 Å². The van der Waals surface area contributed by atoms with Crippen molar-refractivity contribution in [3.63, 3.8) is 0 Å². The Bertz CT molecular complexity index is 626. The van der Waals surface area contributed by atoms with Gasteiger partial charge in [0, 0.05) is 37.0 Å². The van der Waals surface area contributed by atoms with Crippen LogP contribution in [0.25, 0.3) is 5.65 Å². The number of aromatic nitrogens is 3. The molecule has 0 amide bonds. The van der Waals surface area contributed by atoms with Gasteiger partial charge in [0.1, 0.15) is 5.82 Å². The van der Waals surface area contributed by atoms with Crippen molar-refractivity contribution in [2.24, 2.45) is 0 Å². The van der Waals surface area contributed by atoms with Crippen molar-refractivity contribution in [2.45, 2.75) is 45.1 Å². The zero-order valence-electron chi connectivity index (χ0n) is 13.9. The van der Waals surface area contributed by atoms with E-state index < -0.39 is 0 Å². The summed E-state index contributed by atoms with van der Waals surface area (Å²) in [6.07, 6.45) is 7.38. The second-order valence-corrected chi connectivity index (χ2v) is 6.24.